The molecule has 0 bridgehead atoms. The number of aromatic nitrogens is 3. The molecule has 1 N–H and O–H groups in total. The minimum absolute atomic E-state index is 0.110. The van der Waals surface area contributed by atoms with E-state index in [4.69, 9.17) is 0 Å². The number of benzene rings is 1. The third-order valence-electron chi connectivity index (χ3n) is 6.37. The Morgan fingerprint density at radius 3 is 2.39 bits per heavy atom. The molecule has 2 heterocycles. The third kappa shape index (κ3) is 3.97. The number of likely N-dealkylation sites (tertiary alicyclic amines) is 1. The number of aryl methyl sites for hydroxylation is 1. The Balaban J connectivity index is 1.47. The first-order chi connectivity index (χ1) is 13.7. The van der Waals surface area contributed by atoms with Crippen molar-refractivity contribution < 1.29 is 4.79 Å². The Hall–Kier alpha value is -2.21. The number of rotatable bonds is 5. The Labute approximate surface area is 167 Å². The van der Waals surface area contributed by atoms with E-state index >= 15 is 0 Å². The van der Waals surface area contributed by atoms with E-state index in [0.717, 1.165) is 5.69 Å². The van der Waals surface area contributed by atoms with Crippen LogP contribution in [-0.2, 0) is 0 Å². The fraction of sp³-hybridized carbons (Fsp3) is 0.591. The van der Waals surface area contributed by atoms with Gasteiger partial charge in [0.2, 0.25) is 0 Å². The van der Waals surface area contributed by atoms with Crippen molar-refractivity contribution in [1.29, 1.82) is 0 Å². The Bertz CT molecular complexity index is 789. The molecule has 0 radical (unpaired) electrons. The fourth-order valence-corrected chi connectivity index (χ4v) is 4.78. The number of nitrogens with one attached hydrogen (secondary N) is 1. The zero-order chi connectivity index (χ0) is 19.4. The number of hydrogen-bond acceptors (Lipinski definition) is 4. The lowest BCUT2D eigenvalue weighted by Gasteiger charge is -2.48. The van der Waals surface area contributed by atoms with Gasteiger partial charge in [0.05, 0.1) is 11.4 Å². The average Bonchev–Trinajstić information content (AvgIpc) is 3.16. The van der Waals surface area contributed by atoms with Crippen molar-refractivity contribution in [2.75, 3.05) is 19.6 Å². The van der Waals surface area contributed by atoms with E-state index in [1.807, 2.05) is 37.3 Å². The number of piperidine rings is 1. The highest BCUT2D eigenvalue weighted by molar-refractivity contribution is 5.93. The Morgan fingerprint density at radius 2 is 1.68 bits per heavy atom. The monoisotopic (exact) mass is 381 g/mol. The van der Waals surface area contributed by atoms with Crippen molar-refractivity contribution in [2.45, 2.75) is 63.8 Å². The third-order valence-corrected chi connectivity index (χ3v) is 6.37. The molecule has 1 saturated carbocycles. The predicted octanol–water partition coefficient (Wildman–Crippen LogP) is 3.49. The summed E-state index contributed by atoms with van der Waals surface area (Å²) in [5.41, 5.74) is 2.07. The number of nitrogens with zero attached hydrogens (tertiary/aromatic N) is 4. The fourth-order valence-electron chi connectivity index (χ4n) is 4.78. The zero-order valence-electron chi connectivity index (χ0n) is 16.9. The van der Waals surface area contributed by atoms with Gasteiger partial charge < -0.3 is 5.32 Å². The smallest absolute Gasteiger partial charge is 0.273 e. The van der Waals surface area contributed by atoms with Gasteiger partial charge in [-0.05, 0) is 57.8 Å². The standard InChI is InChI=1S/C22H31N5O/c1-18-20(25-27(24-18)19-11-5-2-6-12-19)21(28)23-17-22(13-7-3-8-14-22)26-15-9-4-10-16-26/h2,5-6,11-12H,3-4,7-10,13-17H2,1H3,(H,23,28). The number of carbonyl (C=O) groups excluding carboxylic acids is 1. The Kier molecular flexibility index (Phi) is 5.76. The highest BCUT2D eigenvalue weighted by Crippen LogP contribution is 2.35. The van der Waals surface area contributed by atoms with Crippen LogP contribution in [0.3, 0.4) is 0 Å². The first kappa shape index (κ1) is 19.1. The maximum atomic E-state index is 12.9. The SMILES string of the molecule is Cc1nn(-c2ccccc2)nc1C(=O)NCC1(N2CCCCC2)CCCCC1. The maximum absolute atomic E-state index is 12.9. The van der Waals surface area contributed by atoms with Gasteiger partial charge in [-0.15, -0.1) is 5.10 Å². The van der Waals surface area contributed by atoms with E-state index in [-0.39, 0.29) is 11.4 Å². The lowest BCUT2D eigenvalue weighted by atomic mass is 9.79. The van der Waals surface area contributed by atoms with Gasteiger partial charge in [-0.3, -0.25) is 9.69 Å². The number of carbonyl (C=O) groups is 1. The second-order valence-electron chi connectivity index (χ2n) is 8.27. The largest absolute Gasteiger partial charge is 0.349 e. The van der Waals surface area contributed by atoms with Gasteiger partial charge in [0.25, 0.3) is 5.91 Å². The van der Waals surface area contributed by atoms with Crippen LogP contribution in [0.5, 0.6) is 0 Å². The summed E-state index contributed by atoms with van der Waals surface area (Å²) in [7, 11) is 0. The molecule has 28 heavy (non-hydrogen) atoms. The quantitative estimate of drug-likeness (QED) is 0.861. The first-order valence-corrected chi connectivity index (χ1v) is 10.7. The van der Waals surface area contributed by atoms with Crippen molar-refractivity contribution in [2.24, 2.45) is 0 Å². The van der Waals surface area contributed by atoms with Gasteiger partial charge in [-0.2, -0.15) is 9.90 Å². The molecule has 0 atom stereocenters. The summed E-state index contributed by atoms with van der Waals surface area (Å²) >= 11 is 0. The lowest BCUT2D eigenvalue weighted by molar-refractivity contribution is 0.0326. The normalized spacial score (nSPS) is 20.0. The molecule has 1 aromatic carbocycles. The average molecular weight is 382 g/mol. The highest BCUT2D eigenvalue weighted by Gasteiger charge is 2.38. The van der Waals surface area contributed by atoms with Crippen LogP contribution in [0, 0.1) is 6.92 Å². The molecule has 1 saturated heterocycles. The minimum atomic E-state index is -0.110. The molecule has 150 valence electrons. The summed E-state index contributed by atoms with van der Waals surface area (Å²) in [4.78, 5) is 17.1. The van der Waals surface area contributed by atoms with Crippen molar-refractivity contribution in [1.82, 2.24) is 25.2 Å². The highest BCUT2D eigenvalue weighted by atomic mass is 16.2. The molecule has 4 rings (SSSR count). The molecule has 6 nitrogen and oxygen atoms in total. The van der Waals surface area contributed by atoms with Crippen LogP contribution >= 0.6 is 0 Å². The predicted molar refractivity (Wildman–Crippen MR) is 110 cm³/mol. The number of amides is 1. The summed E-state index contributed by atoms with van der Waals surface area (Å²) in [5, 5.41) is 12.1. The molecule has 2 fully saturated rings. The van der Waals surface area contributed by atoms with Crippen LogP contribution in [0.4, 0.5) is 0 Å². The van der Waals surface area contributed by atoms with Crippen molar-refractivity contribution in [3.8, 4) is 5.69 Å². The van der Waals surface area contributed by atoms with Crippen LogP contribution < -0.4 is 5.32 Å². The minimum Gasteiger partial charge on any atom is -0.349 e. The van der Waals surface area contributed by atoms with E-state index in [9.17, 15) is 4.79 Å². The van der Waals surface area contributed by atoms with Crippen LogP contribution in [0.25, 0.3) is 5.69 Å². The molecule has 1 amide bonds. The summed E-state index contributed by atoms with van der Waals surface area (Å²) in [5.74, 6) is -0.110. The Morgan fingerprint density at radius 1 is 1.00 bits per heavy atom. The molecular weight excluding hydrogens is 350 g/mol. The molecule has 0 spiro atoms. The lowest BCUT2D eigenvalue weighted by Crippen LogP contribution is -2.58. The first-order valence-electron chi connectivity index (χ1n) is 10.7. The van der Waals surface area contributed by atoms with Gasteiger partial charge in [0.1, 0.15) is 0 Å². The van der Waals surface area contributed by atoms with Crippen LogP contribution in [0.2, 0.25) is 0 Å². The van der Waals surface area contributed by atoms with E-state index in [0.29, 0.717) is 17.9 Å². The zero-order valence-corrected chi connectivity index (χ0v) is 16.9. The molecule has 1 aromatic heterocycles. The topological polar surface area (TPSA) is 63.1 Å². The molecular formula is C22H31N5O. The van der Waals surface area contributed by atoms with Gasteiger partial charge in [0, 0.05) is 12.1 Å². The second-order valence-corrected chi connectivity index (χ2v) is 8.27. The molecule has 6 heteroatoms. The molecule has 1 aliphatic carbocycles. The van der Waals surface area contributed by atoms with Crippen LogP contribution in [0.1, 0.15) is 67.5 Å². The summed E-state index contributed by atoms with van der Waals surface area (Å²) in [6.07, 6.45) is 10.1. The molecule has 0 unspecified atom stereocenters. The van der Waals surface area contributed by atoms with Crippen molar-refractivity contribution >= 4 is 5.91 Å². The molecule has 2 aromatic rings. The van der Waals surface area contributed by atoms with Gasteiger partial charge in [0.15, 0.2) is 5.69 Å². The summed E-state index contributed by atoms with van der Waals surface area (Å²) in [6, 6.07) is 9.72. The number of hydrogen-bond donors (Lipinski definition) is 1. The van der Waals surface area contributed by atoms with Crippen molar-refractivity contribution in [3.05, 3.63) is 41.7 Å². The maximum Gasteiger partial charge on any atom is 0.273 e. The van der Waals surface area contributed by atoms with E-state index < -0.39 is 0 Å². The van der Waals surface area contributed by atoms with Gasteiger partial charge in [-0.1, -0.05) is 43.9 Å². The van der Waals surface area contributed by atoms with E-state index in [1.54, 1.807) is 4.80 Å². The molecule has 2 aliphatic rings. The second kappa shape index (κ2) is 8.43. The van der Waals surface area contributed by atoms with Crippen LogP contribution in [-0.4, -0.2) is 51.0 Å². The molecule has 1 aliphatic heterocycles. The van der Waals surface area contributed by atoms with Gasteiger partial charge >= 0.3 is 0 Å². The van der Waals surface area contributed by atoms with Crippen molar-refractivity contribution in [3.63, 3.8) is 0 Å². The summed E-state index contributed by atoms with van der Waals surface area (Å²) < 4.78 is 0. The van der Waals surface area contributed by atoms with E-state index in [1.165, 1.54) is 64.5 Å². The van der Waals surface area contributed by atoms with Crippen LogP contribution in [0.15, 0.2) is 30.3 Å². The van der Waals surface area contributed by atoms with Gasteiger partial charge in [-0.25, -0.2) is 0 Å². The van der Waals surface area contributed by atoms with E-state index in [2.05, 4.69) is 20.4 Å². The number of para-hydroxylation sites is 1. The summed E-state index contributed by atoms with van der Waals surface area (Å²) in [6.45, 7) is 4.89.